The summed E-state index contributed by atoms with van der Waals surface area (Å²) >= 11 is 1.77. The molecule has 3 nitrogen and oxygen atoms in total. The molecule has 2 aromatic carbocycles. The van der Waals surface area contributed by atoms with Gasteiger partial charge in [-0.25, -0.2) is 0 Å². The lowest BCUT2D eigenvalue weighted by Crippen LogP contribution is -1.79. The number of hydrogen-bond donors (Lipinski definition) is 2. The first kappa shape index (κ1) is 13.1. The van der Waals surface area contributed by atoms with E-state index >= 15 is 0 Å². The van der Waals surface area contributed by atoms with Gasteiger partial charge in [-0.05, 0) is 53.3 Å². The van der Waals surface area contributed by atoms with Gasteiger partial charge in [0.05, 0.1) is 6.21 Å². The number of aromatic amines is 1. The predicted molar refractivity (Wildman–Crippen MR) is 93.2 cm³/mol. The van der Waals surface area contributed by atoms with Crippen LogP contribution in [-0.4, -0.2) is 16.4 Å². The predicted octanol–water partition coefficient (Wildman–Crippen LogP) is 5.17. The Balaban J connectivity index is 1.92. The Hall–Kier alpha value is -2.59. The summed E-state index contributed by atoms with van der Waals surface area (Å²) in [6.07, 6.45) is 1.45. The van der Waals surface area contributed by atoms with Crippen molar-refractivity contribution in [3.63, 3.8) is 0 Å². The molecule has 0 radical (unpaired) electrons. The second-order valence-corrected chi connectivity index (χ2v) is 6.33. The maximum absolute atomic E-state index is 8.68. The standard InChI is InChI=1S/C18H14N2OS/c1-11-6-18(22-10-11)13-3-4-14-15-7-12(9-19-21)2-5-16(15)20-17(14)8-13/h2-10,20-21H,1H3/b19-9+. The molecular formula is C18H14N2OS. The van der Waals surface area contributed by atoms with Crippen molar-refractivity contribution in [3.8, 4) is 10.4 Å². The zero-order valence-corrected chi connectivity index (χ0v) is 12.8. The van der Waals surface area contributed by atoms with Crippen molar-refractivity contribution >= 4 is 39.4 Å². The average molecular weight is 306 g/mol. The van der Waals surface area contributed by atoms with Gasteiger partial charge in [0, 0.05) is 26.7 Å². The molecule has 2 N–H and O–H groups in total. The van der Waals surface area contributed by atoms with Crippen LogP contribution in [0.5, 0.6) is 0 Å². The van der Waals surface area contributed by atoms with E-state index in [1.165, 1.54) is 27.6 Å². The van der Waals surface area contributed by atoms with Crippen molar-refractivity contribution < 1.29 is 5.21 Å². The van der Waals surface area contributed by atoms with Crippen LogP contribution in [0.4, 0.5) is 0 Å². The van der Waals surface area contributed by atoms with Gasteiger partial charge in [-0.1, -0.05) is 23.4 Å². The van der Waals surface area contributed by atoms with Crippen LogP contribution in [0, 0.1) is 6.92 Å². The molecule has 0 fully saturated rings. The summed E-state index contributed by atoms with van der Waals surface area (Å²) in [7, 11) is 0. The van der Waals surface area contributed by atoms with E-state index in [4.69, 9.17) is 5.21 Å². The Kier molecular flexibility index (Phi) is 2.98. The summed E-state index contributed by atoms with van der Waals surface area (Å²) in [6.45, 7) is 2.12. The topological polar surface area (TPSA) is 48.4 Å². The molecule has 4 heteroatoms. The number of thiophene rings is 1. The van der Waals surface area contributed by atoms with Crippen LogP contribution in [0.15, 0.2) is 53.0 Å². The van der Waals surface area contributed by atoms with Gasteiger partial charge in [0.25, 0.3) is 0 Å². The highest BCUT2D eigenvalue weighted by molar-refractivity contribution is 7.13. The summed E-state index contributed by atoms with van der Waals surface area (Å²) in [5.74, 6) is 0. The number of oxime groups is 1. The molecular weight excluding hydrogens is 292 g/mol. The lowest BCUT2D eigenvalue weighted by Gasteiger charge is -1.98. The minimum absolute atomic E-state index is 0.883. The number of nitrogens with zero attached hydrogens (tertiary/aromatic N) is 1. The van der Waals surface area contributed by atoms with Crippen molar-refractivity contribution in [2.24, 2.45) is 5.16 Å². The molecule has 0 aliphatic heterocycles. The summed E-state index contributed by atoms with van der Waals surface area (Å²) in [5.41, 5.74) is 5.62. The zero-order chi connectivity index (χ0) is 15.1. The first-order valence-electron chi connectivity index (χ1n) is 7.03. The van der Waals surface area contributed by atoms with Crippen LogP contribution in [0.25, 0.3) is 32.2 Å². The zero-order valence-electron chi connectivity index (χ0n) is 12.0. The fourth-order valence-corrected chi connectivity index (χ4v) is 3.70. The molecule has 4 rings (SSSR count). The molecule has 0 saturated heterocycles. The second-order valence-electron chi connectivity index (χ2n) is 5.42. The third-order valence-electron chi connectivity index (χ3n) is 3.84. The highest BCUT2D eigenvalue weighted by Gasteiger charge is 2.07. The van der Waals surface area contributed by atoms with Gasteiger partial charge in [0.1, 0.15) is 0 Å². The molecule has 0 aliphatic rings. The summed E-state index contributed by atoms with van der Waals surface area (Å²) < 4.78 is 0. The molecule has 2 aromatic heterocycles. The summed E-state index contributed by atoms with van der Waals surface area (Å²) in [4.78, 5) is 4.75. The van der Waals surface area contributed by atoms with Gasteiger partial charge in [-0.3, -0.25) is 0 Å². The third kappa shape index (κ3) is 2.09. The monoisotopic (exact) mass is 306 g/mol. The fraction of sp³-hybridized carbons (Fsp3) is 0.0556. The lowest BCUT2D eigenvalue weighted by atomic mass is 10.1. The summed E-state index contributed by atoms with van der Waals surface area (Å²) in [5, 5.41) is 16.3. The van der Waals surface area contributed by atoms with Crippen LogP contribution >= 0.6 is 11.3 Å². The SMILES string of the molecule is Cc1csc(-c2ccc3c(c2)[nH]c2ccc(/C=N/O)cc23)c1. The molecule has 0 saturated carbocycles. The maximum atomic E-state index is 8.68. The van der Waals surface area contributed by atoms with Gasteiger partial charge in [-0.2, -0.15) is 0 Å². The first-order valence-corrected chi connectivity index (χ1v) is 7.91. The normalized spacial score (nSPS) is 11.9. The molecule has 0 atom stereocenters. The Morgan fingerprint density at radius 1 is 1.05 bits per heavy atom. The van der Waals surface area contributed by atoms with Crippen LogP contribution < -0.4 is 0 Å². The van der Waals surface area contributed by atoms with Crippen molar-refractivity contribution in [3.05, 3.63) is 59.0 Å². The summed E-state index contributed by atoms with van der Waals surface area (Å²) in [6, 6.07) is 14.7. The van der Waals surface area contributed by atoms with E-state index in [0.717, 1.165) is 22.0 Å². The molecule has 0 bridgehead atoms. The quantitative estimate of drug-likeness (QED) is 0.300. The molecule has 0 aliphatic carbocycles. The van der Waals surface area contributed by atoms with E-state index in [9.17, 15) is 0 Å². The highest BCUT2D eigenvalue weighted by atomic mass is 32.1. The van der Waals surface area contributed by atoms with Crippen LogP contribution in [-0.2, 0) is 0 Å². The molecule has 0 spiro atoms. The largest absolute Gasteiger partial charge is 0.411 e. The molecule has 4 aromatic rings. The molecule has 22 heavy (non-hydrogen) atoms. The van der Waals surface area contributed by atoms with Crippen LogP contribution in [0.3, 0.4) is 0 Å². The van der Waals surface area contributed by atoms with Crippen molar-refractivity contribution in [2.45, 2.75) is 6.92 Å². The molecule has 2 heterocycles. The number of fused-ring (bicyclic) bond motifs is 3. The van der Waals surface area contributed by atoms with E-state index in [2.05, 4.69) is 46.7 Å². The highest BCUT2D eigenvalue weighted by Crippen LogP contribution is 2.32. The van der Waals surface area contributed by atoms with Gasteiger partial charge >= 0.3 is 0 Å². The van der Waals surface area contributed by atoms with Crippen molar-refractivity contribution in [2.75, 3.05) is 0 Å². The molecule has 108 valence electrons. The Morgan fingerprint density at radius 3 is 2.73 bits per heavy atom. The smallest absolute Gasteiger partial charge is 0.0734 e. The Bertz CT molecular complexity index is 1010. The maximum Gasteiger partial charge on any atom is 0.0734 e. The Labute approximate surface area is 131 Å². The number of nitrogens with one attached hydrogen (secondary N) is 1. The van der Waals surface area contributed by atoms with Crippen LogP contribution in [0.2, 0.25) is 0 Å². The lowest BCUT2D eigenvalue weighted by molar-refractivity contribution is 0.322. The minimum Gasteiger partial charge on any atom is -0.411 e. The van der Waals surface area contributed by atoms with E-state index in [0.29, 0.717) is 0 Å². The number of benzene rings is 2. The number of rotatable bonds is 2. The third-order valence-corrected chi connectivity index (χ3v) is 4.94. The number of hydrogen-bond acceptors (Lipinski definition) is 3. The van der Waals surface area contributed by atoms with Gasteiger partial charge < -0.3 is 10.2 Å². The molecule has 0 amide bonds. The van der Waals surface area contributed by atoms with Crippen molar-refractivity contribution in [1.29, 1.82) is 0 Å². The van der Waals surface area contributed by atoms with E-state index in [1.54, 1.807) is 11.3 Å². The minimum atomic E-state index is 0.883. The van der Waals surface area contributed by atoms with E-state index in [-0.39, 0.29) is 0 Å². The average Bonchev–Trinajstić information content (AvgIpc) is 3.10. The molecule has 0 unspecified atom stereocenters. The van der Waals surface area contributed by atoms with E-state index < -0.39 is 0 Å². The number of H-pyrrole nitrogens is 1. The van der Waals surface area contributed by atoms with Gasteiger partial charge in [0.2, 0.25) is 0 Å². The first-order chi connectivity index (χ1) is 10.7. The fourth-order valence-electron chi connectivity index (χ4n) is 2.80. The van der Waals surface area contributed by atoms with Crippen molar-refractivity contribution in [1.82, 2.24) is 4.98 Å². The Morgan fingerprint density at radius 2 is 1.95 bits per heavy atom. The van der Waals surface area contributed by atoms with Gasteiger partial charge in [-0.15, -0.1) is 11.3 Å². The van der Waals surface area contributed by atoms with E-state index in [1.807, 2.05) is 18.2 Å². The second kappa shape index (κ2) is 5.00. The van der Waals surface area contributed by atoms with Crippen LogP contribution in [0.1, 0.15) is 11.1 Å². The number of aryl methyl sites for hydroxylation is 1. The number of aromatic nitrogens is 1. The van der Waals surface area contributed by atoms with Gasteiger partial charge in [0.15, 0.2) is 0 Å².